The summed E-state index contributed by atoms with van der Waals surface area (Å²) in [6.45, 7) is 4.59. The van der Waals surface area contributed by atoms with Crippen molar-refractivity contribution in [3.63, 3.8) is 0 Å². The van der Waals surface area contributed by atoms with Crippen LogP contribution in [-0.4, -0.2) is 0 Å². The standard InChI is InChI=1S/C12H8.2C2H5.Zn/c1-3-9-4-2-6-11-8-7-10(5-1)12(9)11;2*1-2;/h1-8H;2*1H2,2H3;. The maximum absolute atomic E-state index is 2.30. The van der Waals surface area contributed by atoms with Gasteiger partial charge in [-0.1, -0.05) is 48.6 Å². The van der Waals surface area contributed by atoms with Gasteiger partial charge in [-0.15, -0.1) is 0 Å². The normalized spacial score (nSPS) is 10.9. The summed E-state index contributed by atoms with van der Waals surface area (Å²) in [5.41, 5.74) is 2.70. The van der Waals surface area contributed by atoms with Crippen molar-refractivity contribution in [3.8, 4) is 0 Å². The van der Waals surface area contributed by atoms with Crippen LogP contribution < -0.4 is 0 Å². The molecule has 0 spiro atoms. The summed E-state index contributed by atoms with van der Waals surface area (Å²) < 4.78 is 0. The summed E-state index contributed by atoms with van der Waals surface area (Å²) in [6, 6.07) is 12.9. The van der Waals surface area contributed by atoms with Gasteiger partial charge in [0.05, 0.1) is 0 Å². The van der Waals surface area contributed by atoms with E-state index >= 15 is 0 Å². The average molecular weight is 276 g/mol. The monoisotopic (exact) mass is 274 g/mol. The van der Waals surface area contributed by atoms with Gasteiger partial charge in [-0.2, -0.15) is 0 Å². The number of hydrogen-bond donors (Lipinski definition) is 0. The maximum atomic E-state index is 2.30. The molecule has 84 valence electrons. The van der Waals surface area contributed by atoms with Crippen molar-refractivity contribution in [2.45, 2.75) is 23.9 Å². The van der Waals surface area contributed by atoms with Gasteiger partial charge in [0.15, 0.2) is 0 Å². The van der Waals surface area contributed by atoms with Crippen LogP contribution in [0.5, 0.6) is 0 Å². The zero-order chi connectivity index (χ0) is 12.1. The molecule has 1 aliphatic rings. The molecule has 3 rings (SSSR count). The van der Waals surface area contributed by atoms with Gasteiger partial charge in [-0.3, -0.25) is 0 Å². The van der Waals surface area contributed by atoms with E-state index in [0.717, 1.165) is 0 Å². The van der Waals surface area contributed by atoms with Gasteiger partial charge in [0.25, 0.3) is 0 Å². The van der Waals surface area contributed by atoms with E-state index in [0.29, 0.717) is 0 Å². The third kappa shape index (κ3) is 2.84. The quantitative estimate of drug-likeness (QED) is 0.559. The number of hydrogen-bond acceptors (Lipinski definition) is 0. The van der Waals surface area contributed by atoms with Crippen molar-refractivity contribution in [1.82, 2.24) is 0 Å². The second kappa shape index (κ2) is 6.12. The molecule has 0 aromatic heterocycles. The fourth-order valence-electron chi connectivity index (χ4n) is 2.21. The molecule has 0 fully saturated rings. The predicted molar refractivity (Wildman–Crippen MR) is 73.8 cm³/mol. The minimum atomic E-state index is 0.0972. The Balaban J connectivity index is 0.000000188. The first-order valence-electron chi connectivity index (χ1n) is 6.56. The molecule has 0 amide bonds. The van der Waals surface area contributed by atoms with Crippen LogP contribution in [0.3, 0.4) is 0 Å². The Hall–Kier alpha value is -0.937. The van der Waals surface area contributed by atoms with Crippen molar-refractivity contribution >= 4 is 22.9 Å². The van der Waals surface area contributed by atoms with Crippen molar-refractivity contribution in [2.75, 3.05) is 0 Å². The summed E-state index contributed by atoms with van der Waals surface area (Å²) in [4.78, 5) is 0. The fourth-order valence-corrected chi connectivity index (χ4v) is 3.69. The molecule has 0 atom stereocenters. The van der Waals surface area contributed by atoms with Gasteiger partial charge < -0.3 is 0 Å². The third-order valence-corrected chi connectivity index (χ3v) is 6.09. The summed E-state index contributed by atoms with van der Waals surface area (Å²) in [7, 11) is 0. The first kappa shape index (κ1) is 12.5. The third-order valence-electron chi connectivity index (χ3n) is 3.12. The molecule has 0 nitrogen and oxygen atoms in total. The van der Waals surface area contributed by atoms with E-state index < -0.39 is 0 Å². The molecule has 17 heavy (non-hydrogen) atoms. The topological polar surface area (TPSA) is 0 Å². The summed E-state index contributed by atoms with van der Waals surface area (Å²) >= 11 is 0.0972. The van der Waals surface area contributed by atoms with Crippen molar-refractivity contribution < 1.29 is 17.1 Å². The van der Waals surface area contributed by atoms with Crippen molar-refractivity contribution in [3.05, 3.63) is 47.5 Å². The van der Waals surface area contributed by atoms with Gasteiger partial charge in [0, 0.05) is 0 Å². The van der Waals surface area contributed by atoms with E-state index in [2.05, 4.69) is 62.4 Å². The Labute approximate surface area is 111 Å². The van der Waals surface area contributed by atoms with E-state index in [1.54, 1.807) is 0 Å². The van der Waals surface area contributed by atoms with Crippen LogP contribution in [0.1, 0.15) is 25.0 Å². The molecule has 2 aromatic carbocycles. The Morgan fingerprint density at radius 3 is 1.76 bits per heavy atom. The first-order chi connectivity index (χ1) is 8.36. The van der Waals surface area contributed by atoms with Crippen molar-refractivity contribution in [1.29, 1.82) is 0 Å². The van der Waals surface area contributed by atoms with Crippen LogP contribution in [0.2, 0.25) is 10.0 Å². The molecule has 0 saturated heterocycles. The minimum absolute atomic E-state index is 0.0972. The molecule has 0 aliphatic heterocycles. The average Bonchev–Trinajstić information content (AvgIpc) is 2.78. The summed E-state index contributed by atoms with van der Waals surface area (Å²) in [5, 5.41) is 5.81. The molecule has 0 heterocycles. The molecule has 0 radical (unpaired) electrons. The molecule has 0 unspecified atom stereocenters. The van der Waals surface area contributed by atoms with E-state index in [9.17, 15) is 0 Å². The van der Waals surface area contributed by atoms with Gasteiger partial charge in [0.1, 0.15) is 0 Å². The van der Waals surface area contributed by atoms with E-state index in [1.807, 2.05) is 0 Å². The van der Waals surface area contributed by atoms with Crippen LogP contribution in [0.4, 0.5) is 0 Å². The Kier molecular flexibility index (Phi) is 4.51. The molecule has 0 bridgehead atoms. The number of rotatable bonds is 2. The van der Waals surface area contributed by atoms with Gasteiger partial charge in [0.2, 0.25) is 0 Å². The van der Waals surface area contributed by atoms with Crippen LogP contribution in [0.25, 0.3) is 22.9 Å². The van der Waals surface area contributed by atoms with E-state index in [4.69, 9.17) is 0 Å². The Morgan fingerprint density at radius 1 is 0.824 bits per heavy atom. The van der Waals surface area contributed by atoms with Crippen LogP contribution in [-0.2, 0) is 17.1 Å². The second-order valence-electron chi connectivity index (χ2n) is 4.48. The zero-order valence-electron chi connectivity index (χ0n) is 10.7. The van der Waals surface area contributed by atoms with Crippen LogP contribution >= 0.6 is 0 Å². The molecule has 1 aliphatic carbocycles. The summed E-state index contributed by atoms with van der Waals surface area (Å²) in [6.07, 6.45) is 4.36. The van der Waals surface area contributed by atoms with Gasteiger partial charge in [-0.05, 0) is 21.9 Å². The molecular formula is C16H18Zn. The zero-order valence-corrected chi connectivity index (χ0v) is 13.7. The predicted octanol–water partition coefficient (Wildman–Crippen LogP) is 5.27. The molecule has 0 saturated carbocycles. The van der Waals surface area contributed by atoms with E-state index in [1.165, 1.54) is 31.9 Å². The number of benzene rings is 2. The molecule has 2 aromatic rings. The van der Waals surface area contributed by atoms with Crippen LogP contribution in [0.15, 0.2) is 36.4 Å². The fraction of sp³-hybridized carbons (Fsp3) is 0.250. The van der Waals surface area contributed by atoms with Crippen LogP contribution in [0, 0.1) is 0 Å². The molecule has 0 N–H and O–H groups in total. The van der Waals surface area contributed by atoms with Crippen molar-refractivity contribution in [2.24, 2.45) is 0 Å². The second-order valence-corrected chi connectivity index (χ2v) is 10.2. The molecule has 1 heteroatoms. The molecular weight excluding hydrogens is 258 g/mol. The van der Waals surface area contributed by atoms with Gasteiger partial charge >= 0.3 is 41.0 Å². The Bertz CT molecular complexity index is 483. The summed E-state index contributed by atoms with van der Waals surface area (Å²) in [5.74, 6) is 0. The Morgan fingerprint density at radius 2 is 1.35 bits per heavy atom. The van der Waals surface area contributed by atoms with E-state index in [-0.39, 0.29) is 17.1 Å². The van der Waals surface area contributed by atoms with Gasteiger partial charge in [-0.25, -0.2) is 0 Å². The first-order valence-corrected chi connectivity index (χ1v) is 10.8. The SMILES string of the molecule is C1=Cc2cccc3cccc1c23.C[CH2][Zn][CH2]C.